The van der Waals surface area contributed by atoms with Crippen molar-refractivity contribution in [3.05, 3.63) is 53.2 Å². The van der Waals surface area contributed by atoms with Crippen LogP contribution in [0.1, 0.15) is 23.1 Å². The second kappa shape index (κ2) is 4.92. The molecular weight excluding hydrogens is 234 g/mol. The number of pyridine rings is 1. The van der Waals surface area contributed by atoms with E-state index in [2.05, 4.69) is 41.1 Å². The lowest BCUT2D eigenvalue weighted by atomic mass is 9.99. The van der Waals surface area contributed by atoms with Gasteiger partial charge in [0.05, 0.1) is 0 Å². The van der Waals surface area contributed by atoms with Gasteiger partial charge in [-0.25, -0.2) is 4.98 Å². The highest BCUT2D eigenvalue weighted by molar-refractivity contribution is 5.57. The van der Waals surface area contributed by atoms with Crippen LogP contribution in [-0.4, -0.2) is 11.5 Å². The van der Waals surface area contributed by atoms with Gasteiger partial charge in [0.2, 0.25) is 0 Å². The van der Waals surface area contributed by atoms with Gasteiger partial charge in [-0.05, 0) is 37.5 Å². The summed E-state index contributed by atoms with van der Waals surface area (Å²) < 4.78 is 0. The normalized spacial score (nSPS) is 14.3. The van der Waals surface area contributed by atoms with Crippen molar-refractivity contribution in [1.29, 1.82) is 0 Å². The molecule has 2 aromatic rings. The van der Waals surface area contributed by atoms with Gasteiger partial charge in [0, 0.05) is 30.5 Å². The Morgan fingerprint density at radius 3 is 3.05 bits per heavy atom. The van der Waals surface area contributed by atoms with Crippen LogP contribution >= 0.6 is 0 Å². The summed E-state index contributed by atoms with van der Waals surface area (Å²) in [7, 11) is 0. The molecule has 2 N–H and O–H groups in total. The summed E-state index contributed by atoms with van der Waals surface area (Å²) in [6, 6.07) is 10.7. The van der Waals surface area contributed by atoms with Crippen molar-refractivity contribution < 1.29 is 0 Å². The molecule has 3 nitrogen and oxygen atoms in total. The largest absolute Gasteiger partial charge is 0.383 e. The lowest BCUT2D eigenvalue weighted by Gasteiger charge is -2.31. The molecule has 1 aromatic carbocycles. The van der Waals surface area contributed by atoms with Crippen LogP contribution < -0.4 is 10.6 Å². The monoisotopic (exact) mass is 253 g/mol. The van der Waals surface area contributed by atoms with Gasteiger partial charge in [-0.1, -0.05) is 23.8 Å². The number of hydrogen-bond donors (Lipinski definition) is 1. The average molecular weight is 253 g/mol. The van der Waals surface area contributed by atoms with Gasteiger partial charge in [0.25, 0.3) is 0 Å². The van der Waals surface area contributed by atoms with Crippen LogP contribution in [0.15, 0.2) is 36.5 Å². The first-order chi connectivity index (χ1) is 9.24. The maximum Gasteiger partial charge on any atom is 0.128 e. The molecule has 1 aliphatic rings. The lowest BCUT2D eigenvalue weighted by Crippen LogP contribution is -2.29. The summed E-state index contributed by atoms with van der Waals surface area (Å²) >= 11 is 0. The zero-order chi connectivity index (χ0) is 13.2. The van der Waals surface area contributed by atoms with Gasteiger partial charge in [-0.2, -0.15) is 0 Å². The summed E-state index contributed by atoms with van der Waals surface area (Å²) in [5.74, 6) is 0.640. The van der Waals surface area contributed by atoms with Crippen molar-refractivity contribution in [2.24, 2.45) is 0 Å². The van der Waals surface area contributed by atoms with Gasteiger partial charge in [0.1, 0.15) is 5.82 Å². The van der Waals surface area contributed by atoms with Gasteiger partial charge in [0.15, 0.2) is 0 Å². The van der Waals surface area contributed by atoms with Crippen LogP contribution in [0.3, 0.4) is 0 Å². The van der Waals surface area contributed by atoms with Crippen molar-refractivity contribution in [3.63, 3.8) is 0 Å². The fraction of sp³-hybridized carbons (Fsp3) is 0.312. The average Bonchev–Trinajstić information content (AvgIpc) is 2.41. The zero-order valence-corrected chi connectivity index (χ0v) is 11.3. The van der Waals surface area contributed by atoms with Crippen molar-refractivity contribution in [3.8, 4) is 0 Å². The molecule has 0 amide bonds. The number of benzene rings is 1. The molecule has 0 atom stereocenters. The first-order valence-corrected chi connectivity index (χ1v) is 6.78. The van der Waals surface area contributed by atoms with Crippen molar-refractivity contribution in [1.82, 2.24) is 4.98 Å². The first-order valence-electron chi connectivity index (χ1n) is 6.78. The summed E-state index contributed by atoms with van der Waals surface area (Å²) in [6.45, 7) is 4.08. The minimum atomic E-state index is 0.640. The molecule has 1 aromatic heterocycles. The van der Waals surface area contributed by atoms with Gasteiger partial charge < -0.3 is 10.6 Å². The van der Waals surface area contributed by atoms with E-state index in [0.29, 0.717) is 5.82 Å². The van der Waals surface area contributed by atoms with Gasteiger partial charge in [-0.3, -0.25) is 0 Å². The van der Waals surface area contributed by atoms with Crippen LogP contribution in [0.5, 0.6) is 0 Å². The smallest absolute Gasteiger partial charge is 0.128 e. The summed E-state index contributed by atoms with van der Waals surface area (Å²) in [5.41, 5.74) is 11.2. The minimum absolute atomic E-state index is 0.640. The van der Waals surface area contributed by atoms with E-state index in [4.69, 9.17) is 5.73 Å². The Balaban J connectivity index is 1.90. The molecule has 0 radical (unpaired) electrons. The van der Waals surface area contributed by atoms with E-state index in [9.17, 15) is 0 Å². The number of aryl methyl sites for hydroxylation is 2. The second-order valence-corrected chi connectivity index (χ2v) is 5.21. The maximum absolute atomic E-state index is 5.94. The highest BCUT2D eigenvalue weighted by Crippen LogP contribution is 2.29. The number of nitrogens with zero attached hydrogens (tertiary/aromatic N) is 2. The molecule has 1 aliphatic heterocycles. The number of fused-ring (bicyclic) bond motifs is 1. The van der Waals surface area contributed by atoms with E-state index in [0.717, 1.165) is 18.7 Å². The molecule has 0 unspecified atom stereocenters. The highest BCUT2D eigenvalue weighted by atomic mass is 15.1. The summed E-state index contributed by atoms with van der Waals surface area (Å²) in [6.07, 6.45) is 4.12. The van der Waals surface area contributed by atoms with Crippen LogP contribution in [-0.2, 0) is 13.0 Å². The number of nitrogens with two attached hydrogens (primary N) is 1. The van der Waals surface area contributed by atoms with Crippen LogP contribution in [0.4, 0.5) is 11.5 Å². The minimum Gasteiger partial charge on any atom is -0.383 e. The Morgan fingerprint density at radius 2 is 2.21 bits per heavy atom. The Hall–Kier alpha value is -2.03. The topological polar surface area (TPSA) is 42.2 Å². The third-order valence-corrected chi connectivity index (χ3v) is 3.74. The molecule has 0 fully saturated rings. The van der Waals surface area contributed by atoms with Crippen LogP contribution in [0.25, 0.3) is 0 Å². The molecule has 0 aliphatic carbocycles. The summed E-state index contributed by atoms with van der Waals surface area (Å²) in [4.78, 5) is 6.57. The molecule has 0 spiro atoms. The predicted octanol–water partition coefficient (Wildman–Crippen LogP) is 2.93. The van der Waals surface area contributed by atoms with Gasteiger partial charge >= 0.3 is 0 Å². The molecular formula is C16H19N3. The SMILES string of the molecule is Cc1ccc2c(c1)CCCN2Cc1cccnc1N. The second-order valence-electron chi connectivity index (χ2n) is 5.21. The van der Waals surface area contributed by atoms with Gasteiger partial charge in [-0.15, -0.1) is 0 Å². The molecule has 3 heteroatoms. The fourth-order valence-corrected chi connectivity index (χ4v) is 2.76. The number of hydrogen-bond acceptors (Lipinski definition) is 3. The number of aromatic nitrogens is 1. The first kappa shape index (κ1) is 12.0. The number of anilines is 2. The van der Waals surface area contributed by atoms with E-state index in [1.807, 2.05) is 6.07 Å². The lowest BCUT2D eigenvalue weighted by molar-refractivity contribution is 0.690. The maximum atomic E-state index is 5.94. The van der Waals surface area contributed by atoms with Crippen molar-refractivity contribution >= 4 is 11.5 Å². The molecule has 0 saturated heterocycles. The number of rotatable bonds is 2. The Morgan fingerprint density at radius 1 is 1.32 bits per heavy atom. The number of nitrogen functional groups attached to an aromatic ring is 1. The van der Waals surface area contributed by atoms with Crippen molar-refractivity contribution in [2.45, 2.75) is 26.3 Å². The zero-order valence-electron chi connectivity index (χ0n) is 11.3. The molecule has 2 heterocycles. The molecule has 3 rings (SSSR count). The Bertz CT molecular complexity index is 592. The van der Waals surface area contributed by atoms with Crippen molar-refractivity contribution in [2.75, 3.05) is 17.2 Å². The predicted molar refractivity (Wildman–Crippen MR) is 79.2 cm³/mol. The highest BCUT2D eigenvalue weighted by Gasteiger charge is 2.17. The van der Waals surface area contributed by atoms with E-state index in [-0.39, 0.29) is 0 Å². The van der Waals surface area contributed by atoms with E-state index in [1.54, 1.807) is 6.20 Å². The van der Waals surface area contributed by atoms with Crippen LogP contribution in [0, 0.1) is 6.92 Å². The molecule has 0 saturated carbocycles. The third kappa shape index (κ3) is 2.41. The summed E-state index contributed by atoms with van der Waals surface area (Å²) in [5, 5.41) is 0. The third-order valence-electron chi connectivity index (χ3n) is 3.74. The quantitative estimate of drug-likeness (QED) is 0.894. The molecule has 98 valence electrons. The van der Waals surface area contributed by atoms with E-state index < -0.39 is 0 Å². The Labute approximate surface area is 114 Å². The Kier molecular flexibility index (Phi) is 3.11. The fourth-order valence-electron chi connectivity index (χ4n) is 2.76. The van der Waals surface area contributed by atoms with E-state index >= 15 is 0 Å². The standard InChI is InChI=1S/C16H19N3/c1-12-6-7-15-13(10-12)5-3-9-19(15)11-14-4-2-8-18-16(14)17/h2,4,6-8,10H,3,5,9,11H2,1H3,(H2,17,18). The molecule has 19 heavy (non-hydrogen) atoms. The van der Waals surface area contributed by atoms with E-state index in [1.165, 1.54) is 29.7 Å². The van der Waals surface area contributed by atoms with Crippen LogP contribution in [0.2, 0.25) is 0 Å². The molecule has 0 bridgehead atoms.